The first-order valence-corrected chi connectivity index (χ1v) is 9.89. The molecule has 0 radical (unpaired) electrons. The summed E-state index contributed by atoms with van der Waals surface area (Å²) >= 11 is 0. The van der Waals surface area contributed by atoms with E-state index in [1.54, 1.807) is 0 Å². The van der Waals surface area contributed by atoms with Gasteiger partial charge in [-0.1, -0.05) is 91.0 Å². The molecule has 31 heavy (non-hydrogen) atoms. The van der Waals surface area contributed by atoms with Crippen LogP contribution in [0.5, 0.6) is 0 Å². The molecule has 0 aliphatic rings. The van der Waals surface area contributed by atoms with Crippen molar-refractivity contribution < 1.29 is 54.4 Å². The number of hydrogen-bond acceptors (Lipinski definition) is 5. The summed E-state index contributed by atoms with van der Waals surface area (Å²) in [6, 6.07) is 29.2. The van der Waals surface area contributed by atoms with Crippen LogP contribution in [0.25, 0.3) is 0 Å². The van der Waals surface area contributed by atoms with Crippen LogP contribution in [-0.4, -0.2) is 35.0 Å². The average Bonchev–Trinajstić information content (AvgIpc) is 2.76. The molecule has 0 bridgehead atoms. The van der Waals surface area contributed by atoms with E-state index in [1.807, 2.05) is 91.0 Å². The molecule has 3 aromatic rings. The van der Waals surface area contributed by atoms with E-state index in [0.717, 1.165) is 16.7 Å². The van der Waals surface area contributed by atoms with Gasteiger partial charge in [-0.15, -0.1) is 0 Å². The molecule has 0 aromatic heterocycles. The van der Waals surface area contributed by atoms with Crippen molar-refractivity contribution in [3.05, 3.63) is 108 Å². The number of carbonyl (C=O) groups excluding carboxylic acids is 1. The molecule has 0 amide bonds. The summed E-state index contributed by atoms with van der Waals surface area (Å²) in [7, 11) is 0. The zero-order valence-electron chi connectivity index (χ0n) is 17.6. The maximum atomic E-state index is 10.7. The van der Waals surface area contributed by atoms with E-state index < -0.39 is 30.2 Å². The second kappa shape index (κ2) is 12.2. The first-order chi connectivity index (χ1) is 14.5. The minimum Gasteiger partial charge on any atom is -0.550 e. The van der Waals surface area contributed by atoms with Crippen molar-refractivity contribution in [2.45, 2.75) is 30.7 Å². The minimum atomic E-state index is -1.36. The Morgan fingerprint density at radius 2 is 1.16 bits per heavy atom. The van der Waals surface area contributed by atoms with Crippen LogP contribution in [0, 0.1) is 0 Å². The van der Waals surface area contributed by atoms with Crippen molar-refractivity contribution in [1.82, 2.24) is 0 Å². The van der Waals surface area contributed by atoms with Gasteiger partial charge in [0.25, 0.3) is 0 Å². The number of aliphatic hydroxyl groups is 2. The summed E-state index contributed by atoms with van der Waals surface area (Å²) in [5, 5.41) is 31.0. The summed E-state index contributed by atoms with van der Waals surface area (Å²) in [4.78, 5) is 10.7. The molecular weight excluding hydrogens is 403 g/mol. The molecule has 3 rings (SSSR count). The number of aliphatic carboxylic acids is 1. The summed E-state index contributed by atoms with van der Waals surface area (Å²) in [5.41, 5.74) is 1.70. The fraction of sp³-hybridized carbons (Fsp3) is 0.240. The van der Waals surface area contributed by atoms with Gasteiger partial charge in [0.05, 0.1) is 18.8 Å². The third kappa shape index (κ3) is 6.50. The van der Waals surface area contributed by atoms with Crippen LogP contribution in [-0.2, 0) is 15.1 Å². The molecule has 0 spiro atoms. The Morgan fingerprint density at radius 3 is 1.52 bits per heavy atom. The summed E-state index contributed by atoms with van der Waals surface area (Å²) in [5.74, 6) is -1.36. The van der Waals surface area contributed by atoms with Gasteiger partial charge in [0.2, 0.25) is 0 Å². The second-order valence-corrected chi connectivity index (χ2v) is 7.21. The van der Waals surface area contributed by atoms with E-state index in [2.05, 4.69) is 0 Å². The van der Waals surface area contributed by atoms with Crippen molar-refractivity contribution in [2.24, 2.45) is 0 Å². The SMILES string of the molecule is O=C([O-])C[C@H](O)C[C@H](O)COC(c1ccccc1)(c1ccccc1)c1ccccc1.[Na+]. The molecule has 0 heterocycles. The first kappa shape index (κ1) is 25.3. The van der Waals surface area contributed by atoms with Crippen LogP contribution in [0.3, 0.4) is 0 Å². The molecule has 0 aliphatic carbocycles. The quantitative estimate of drug-likeness (QED) is 0.328. The van der Waals surface area contributed by atoms with Gasteiger partial charge >= 0.3 is 29.6 Å². The molecule has 3 aromatic carbocycles. The Morgan fingerprint density at radius 1 is 0.774 bits per heavy atom. The molecule has 0 aliphatic heterocycles. The Bertz CT molecular complexity index is 822. The molecule has 0 saturated carbocycles. The fourth-order valence-electron chi connectivity index (χ4n) is 3.65. The summed E-state index contributed by atoms with van der Waals surface area (Å²) < 4.78 is 6.43. The zero-order valence-corrected chi connectivity index (χ0v) is 19.6. The fourth-order valence-corrected chi connectivity index (χ4v) is 3.65. The van der Waals surface area contributed by atoms with Crippen molar-refractivity contribution in [3.8, 4) is 0 Å². The Balaban J connectivity index is 0.00000341. The smallest absolute Gasteiger partial charge is 0.550 e. The number of rotatable bonds is 10. The molecule has 0 fully saturated rings. The van der Waals surface area contributed by atoms with E-state index in [1.165, 1.54) is 0 Å². The number of carboxylic acids is 1. The standard InChI is InChI=1S/C25H26O5.Na/c26-22(17-24(28)29)16-23(27)18-30-25(19-10-4-1-5-11-19,20-12-6-2-7-13-20)21-14-8-3-9-15-21;/h1-15,22-23,26-27H,16-18H2,(H,28,29);/q;+1/p-1/t22-,23+;/m1./s1. The largest absolute Gasteiger partial charge is 1.00 e. The number of benzene rings is 3. The second-order valence-electron chi connectivity index (χ2n) is 7.21. The Kier molecular flexibility index (Phi) is 9.91. The number of aliphatic hydroxyl groups excluding tert-OH is 2. The van der Waals surface area contributed by atoms with E-state index in [-0.39, 0.29) is 42.6 Å². The molecule has 2 atom stereocenters. The van der Waals surface area contributed by atoms with Crippen LogP contribution in [0.2, 0.25) is 0 Å². The Hall–Kier alpha value is -1.99. The third-order valence-electron chi connectivity index (χ3n) is 4.98. The number of hydrogen-bond donors (Lipinski definition) is 2. The van der Waals surface area contributed by atoms with Gasteiger partial charge in [0.15, 0.2) is 0 Å². The van der Waals surface area contributed by atoms with Crippen LogP contribution >= 0.6 is 0 Å². The van der Waals surface area contributed by atoms with E-state index in [4.69, 9.17) is 4.74 Å². The average molecular weight is 428 g/mol. The predicted octanol–water partition coefficient (Wildman–Crippen LogP) is -0.749. The van der Waals surface area contributed by atoms with Gasteiger partial charge in [0, 0.05) is 18.8 Å². The molecular formula is C25H25NaO5. The van der Waals surface area contributed by atoms with E-state index in [9.17, 15) is 20.1 Å². The molecule has 0 unspecified atom stereocenters. The Labute approximate surface area is 204 Å². The van der Waals surface area contributed by atoms with E-state index in [0.29, 0.717) is 0 Å². The first-order valence-electron chi connectivity index (χ1n) is 9.89. The van der Waals surface area contributed by atoms with Crippen molar-refractivity contribution >= 4 is 5.97 Å². The molecule has 2 N–H and O–H groups in total. The van der Waals surface area contributed by atoms with Crippen LogP contribution in [0.15, 0.2) is 91.0 Å². The molecule has 5 nitrogen and oxygen atoms in total. The molecule has 156 valence electrons. The van der Waals surface area contributed by atoms with Gasteiger partial charge in [-0.05, 0) is 16.7 Å². The van der Waals surface area contributed by atoms with Gasteiger partial charge in [-0.3, -0.25) is 0 Å². The van der Waals surface area contributed by atoms with Gasteiger partial charge in [-0.2, -0.15) is 0 Å². The number of ether oxygens (including phenoxy) is 1. The monoisotopic (exact) mass is 428 g/mol. The topological polar surface area (TPSA) is 89.8 Å². The van der Waals surface area contributed by atoms with Crippen molar-refractivity contribution in [1.29, 1.82) is 0 Å². The molecule has 6 heteroatoms. The zero-order chi connectivity index (χ0) is 21.4. The summed E-state index contributed by atoms with van der Waals surface area (Å²) in [6.07, 6.45) is -2.90. The van der Waals surface area contributed by atoms with Gasteiger partial charge in [0.1, 0.15) is 5.60 Å². The molecule has 0 saturated heterocycles. The van der Waals surface area contributed by atoms with Crippen LogP contribution in [0.4, 0.5) is 0 Å². The van der Waals surface area contributed by atoms with E-state index >= 15 is 0 Å². The maximum Gasteiger partial charge on any atom is 1.00 e. The number of carboxylic acid groups (broad SMARTS) is 1. The van der Waals surface area contributed by atoms with Crippen molar-refractivity contribution in [2.75, 3.05) is 6.61 Å². The predicted molar refractivity (Wildman–Crippen MR) is 111 cm³/mol. The van der Waals surface area contributed by atoms with Crippen LogP contribution < -0.4 is 34.7 Å². The minimum absolute atomic E-state index is 0. The normalized spacial score (nSPS) is 13.1. The van der Waals surface area contributed by atoms with Crippen LogP contribution in [0.1, 0.15) is 29.5 Å². The van der Waals surface area contributed by atoms with Crippen molar-refractivity contribution in [3.63, 3.8) is 0 Å². The van der Waals surface area contributed by atoms with Gasteiger partial charge < -0.3 is 24.9 Å². The van der Waals surface area contributed by atoms with Gasteiger partial charge in [-0.25, -0.2) is 0 Å². The number of carbonyl (C=O) groups is 1. The summed E-state index contributed by atoms with van der Waals surface area (Å²) in [6.45, 7) is -0.0945. The third-order valence-corrected chi connectivity index (χ3v) is 4.98. The maximum absolute atomic E-state index is 10.7.